The van der Waals surface area contributed by atoms with E-state index in [1.54, 1.807) is 16.9 Å². The van der Waals surface area contributed by atoms with Crippen LogP contribution in [0.3, 0.4) is 0 Å². The van der Waals surface area contributed by atoms with Crippen molar-refractivity contribution in [3.63, 3.8) is 0 Å². The van der Waals surface area contributed by atoms with Gasteiger partial charge >= 0.3 is 5.63 Å². The molecule has 0 bridgehead atoms. The summed E-state index contributed by atoms with van der Waals surface area (Å²) in [6, 6.07) is 29.5. The molecule has 8 rings (SSSR count). The van der Waals surface area contributed by atoms with Gasteiger partial charge in [-0.2, -0.15) is 0 Å². The third kappa shape index (κ3) is 3.35. The summed E-state index contributed by atoms with van der Waals surface area (Å²) in [7, 11) is 0. The third-order valence-electron chi connectivity index (χ3n) is 7.19. The summed E-state index contributed by atoms with van der Waals surface area (Å²) in [6.07, 6.45) is 1.60. The van der Waals surface area contributed by atoms with Gasteiger partial charge in [0.25, 0.3) is 0 Å². The first-order chi connectivity index (χ1) is 19.2. The molecule has 1 aliphatic rings. The van der Waals surface area contributed by atoms with E-state index < -0.39 is 11.5 Å². The van der Waals surface area contributed by atoms with Crippen molar-refractivity contribution in [1.82, 2.24) is 19.6 Å². The molecule has 0 radical (unpaired) electrons. The lowest BCUT2D eigenvalue weighted by atomic mass is 9.84. The van der Waals surface area contributed by atoms with Gasteiger partial charge in [-0.25, -0.2) is 19.3 Å². The fourth-order valence-electron chi connectivity index (χ4n) is 5.40. The number of ether oxygens (including phenoxy) is 1. The smallest absolute Gasteiger partial charge is 0.344 e. The predicted octanol–water partition coefficient (Wildman–Crippen LogP) is 7.10. The van der Waals surface area contributed by atoms with E-state index in [9.17, 15) is 4.79 Å². The minimum Gasteiger partial charge on any atom is -0.437 e. The van der Waals surface area contributed by atoms with E-state index >= 15 is 0 Å². The molecule has 7 aromatic rings. The van der Waals surface area contributed by atoms with Crippen LogP contribution in [-0.4, -0.2) is 19.6 Å². The number of aromatic nitrogens is 4. The van der Waals surface area contributed by atoms with Crippen LogP contribution in [0.15, 0.2) is 111 Å². The molecule has 0 spiro atoms. The van der Waals surface area contributed by atoms with E-state index in [0.29, 0.717) is 45.2 Å². The van der Waals surface area contributed by atoms with Gasteiger partial charge in [-0.1, -0.05) is 82.7 Å². The van der Waals surface area contributed by atoms with Crippen LogP contribution in [0.4, 0.5) is 0 Å². The number of fused-ring (bicyclic) bond motifs is 7. The maximum Gasteiger partial charge on any atom is 0.344 e. The molecule has 8 heteroatoms. The Morgan fingerprint density at radius 1 is 0.846 bits per heavy atom. The number of hydrogen-bond donors (Lipinski definition) is 0. The molecule has 0 fully saturated rings. The van der Waals surface area contributed by atoms with Crippen LogP contribution in [0.25, 0.3) is 38.8 Å². The number of nitrogens with zero attached hydrogens (tertiary/aromatic N) is 4. The molecule has 4 heterocycles. The second-order valence-corrected chi connectivity index (χ2v) is 10.3. The average molecular weight is 573 g/mol. The molecule has 1 atom stereocenters. The summed E-state index contributed by atoms with van der Waals surface area (Å²) in [5, 5.41) is 7.69. The SMILES string of the molecule is O=c1oc2ccccc2c2c1C(c1ccccc1Br)c1c(ncn3nc(-c4ccc5ccccc5c4)nc13)O2. The van der Waals surface area contributed by atoms with Crippen molar-refractivity contribution in [2.24, 2.45) is 0 Å². The number of benzene rings is 4. The van der Waals surface area contributed by atoms with Crippen molar-refractivity contribution in [3.05, 3.63) is 129 Å². The first-order valence-corrected chi connectivity index (χ1v) is 13.2. The molecule has 186 valence electrons. The predicted molar refractivity (Wildman–Crippen MR) is 151 cm³/mol. The van der Waals surface area contributed by atoms with Crippen LogP contribution in [0.5, 0.6) is 11.6 Å². The standard InChI is InChI=1S/C31H17BrN4O3/c32-22-11-5-3-9-20(22)24-25-27(21-10-4-6-12-23(21)38-31(25)37)39-30-26(24)29-34-28(35-36(29)16-33-30)19-14-13-17-7-1-2-8-18(17)15-19/h1-16,24H. The lowest BCUT2D eigenvalue weighted by Gasteiger charge is -2.27. The first kappa shape index (κ1) is 22.2. The number of hydrogen-bond acceptors (Lipinski definition) is 6. The second-order valence-electron chi connectivity index (χ2n) is 9.41. The van der Waals surface area contributed by atoms with Gasteiger partial charge in [0.2, 0.25) is 5.88 Å². The monoisotopic (exact) mass is 572 g/mol. The zero-order valence-corrected chi connectivity index (χ0v) is 21.8. The minimum atomic E-state index is -0.551. The Balaban J connectivity index is 1.42. The van der Waals surface area contributed by atoms with Crippen LogP contribution >= 0.6 is 15.9 Å². The molecule has 0 saturated carbocycles. The molecule has 39 heavy (non-hydrogen) atoms. The van der Waals surface area contributed by atoms with E-state index in [2.05, 4.69) is 45.2 Å². The largest absolute Gasteiger partial charge is 0.437 e. The maximum atomic E-state index is 13.5. The number of para-hydroxylation sites is 1. The zero-order chi connectivity index (χ0) is 26.1. The second kappa shape index (κ2) is 8.34. The van der Waals surface area contributed by atoms with Crippen LogP contribution in [0, 0.1) is 0 Å². The molecule has 0 N–H and O–H groups in total. The van der Waals surface area contributed by atoms with Crippen LogP contribution in [0.2, 0.25) is 0 Å². The van der Waals surface area contributed by atoms with Gasteiger partial charge in [0.1, 0.15) is 11.9 Å². The highest BCUT2D eigenvalue weighted by Crippen LogP contribution is 2.50. The Morgan fingerprint density at radius 3 is 2.54 bits per heavy atom. The highest BCUT2D eigenvalue weighted by molar-refractivity contribution is 9.10. The molecule has 0 amide bonds. The van der Waals surface area contributed by atoms with Gasteiger partial charge in [0.15, 0.2) is 17.2 Å². The summed E-state index contributed by atoms with van der Waals surface area (Å²) >= 11 is 3.70. The van der Waals surface area contributed by atoms with Crippen LogP contribution in [0.1, 0.15) is 22.6 Å². The fraction of sp³-hybridized carbons (Fsp3) is 0.0323. The zero-order valence-electron chi connectivity index (χ0n) is 20.2. The van der Waals surface area contributed by atoms with Gasteiger partial charge in [0.05, 0.1) is 22.4 Å². The van der Waals surface area contributed by atoms with E-state index in [1.807, 2.05) is 60.7 Å². The molecule has 7 nitrogen and oxygen atoms in total. The van der Waals surface area contributed by atoms with E-state index in [4.69, 9.17) is 19.2 Å². The highest BCUT2D eigenvalue weighted by atomic mass is 79.9. The molecule has 4 aromatic carbocycles. The summed E-state index contributed by atoms with van der Waals surface area (Å²) in [6.45, 7) is 0. The van der Waals surface area contributed by atoms with Crippen molar-refractivity contribution in [2.45, 2.75) is 5.92 Å². The van der Waals surface area contributed by atoms with Crippen molar-refractivity contribution >= 4 is 43.3 Å². The van der Waals surface area contributed by atoms with Crippen molar-refractivity contribution in [2.75, 3.05) is 0 Å². The topological polar surface area (TPSA) is 82.5 Å². The Bertz CT molecular complexity index is 2170. The van der Waals surface area contributed by atoms with Crippen LogP contribution in [-0.2, 0) is 0 Å². The van der Waals surface area contributed by atoms with Gasteiger partial charge in [-0.15, -0.1) is 5.10 Å². The Hall–Kier alpha value is -4.82. The number of halogens is 1. The van der Waals surface area contributed by atoms with Crippen LogP contribution < -0.4 is 10.4 Å². The molecular weight excluding hydrogens is 556 g/mol. The Kier molecular flexibility index (Phi) is 4.75. The molecule has 1 unspecified atom stereocenters. The van der Waals surface area contributed by atoms with Crippen molar-refractivity contribution in [3.8, 4) is 23.0 Å². The lowest BCUT2D eigenvalue weighted by Crippen LogP contribution is -2.22. The molecule has 3 aromatic heterocycles. The average Bonchev–Trinajstić information content (AvgIpc) is 3.41. The van der Waals surface area contributed by atoms with E-state index in [-0.39, 0.29) is 0 Å². The van der Waals surface area contributed by atoms with E-state index in [1.165, 1.54) is 0 Å². The fourth-order valence-corrected chi connectivity index (χ4v) is 5.91. The van der Waals surface area contributed by atoms with Gasteiger partial charge in [-0.3, -0.25) is 0 Å². The quantitative estimate of drug-likeness (QED) is 0.205. The minimum absolute atomic E-state index is 0.379. The summed E-state index contributed by atoms with van der Waals surface area (Å²) in [5.41, 5.74) is 3.35. The van der Waals surface area contributed by atoms with Gasteiger partial charge < -0.3 is 9.15 Å². The lowest BCUT2D eigenvalue weighted by molar-refractivity contribution is 0.422. The van der Waals surface area contributed by atoms with E-state index in [0.717, 1.165) is 26.4 Å². The van der Waals surface area contributed by atoms with Crippen molar-refractivity contribution in [1.29, 1.82) is 0 Å². The van der Waals surface area contributed by atoms with Crippen molar-refractivity contribution < 1.29 is 9.15 Å². The molecule has 1 aliphatic heterocycles. The highest BCUT2D eigenvalue weighted by Gasteiger charge is 2.38. The molecule has 0 aliphatic carbocycles. The van der Waals surface area contributed by atoms with Gasteiger partial charge in [-0.05, 0) is 40.6 Å². The third-order valence-corrected chi connectivity index (χ3v) is 7.91. The number of rotatable bonds is 2. The summed E-state index contributed by atoms with van der Waals surface area (Å²) in [5.74, 6) is 0.827. The summed E-state index contributed by atoms with van der Waals surface area (Å²) < 4.78 is 14.6. The maximum absolute atomic E-state index is 13.5. The first-order valence-electron chi connectivity index (χ1n) is 12.4. The normalized spacial score (nSPS) is 14.3. The Morgan fingerprint density at radius 2 is 1.64 bits per heavy atom. The van der Waals surface area contributed by atoms with Gasteiger partial charge in [0, 0.05) is 10.0 Å². The molecule has 0 saturated heterocycles. The Labute approximate surface area is 229 Å². The summed E-state index contributed by atoms with van der Waals surface area (Å²) in [4.78, 5) is 23.1. The molecular formula is C31H17BrN4O3.